The van der Waals surface area contributed by atoms with Crippen LogP contribution in [0.25, 0.3) is 27.5 Å². The molecule has 2 aliphatic rings. The van der Waals surface area contributed by atoms with E-state index in [9.17, 15) is 13.2 Å². The molecule has 0 radical (unpaired) electrons. The lowest BCUT2D eigenvalue weighted by Crippen LogP contribution is -2.46. The first-order valence-corrected chi connectivity index (χ1v) is 15.8. The molecule has 2 unspecified atom stereocenters. The smallest absolute Gasteiger partial charge is 0.276 e. The summed E-state index contributed by atoms with van der Waals surface area (Å²) in [4.78, 5) is 30.1. The molecule has 3 N–H and O–H groups in total. The molecule has 2 aliphatic heterocycles. The second kappa shape index (κ2) is 9.41. The van der Waals surface area contributed by atoms with Crippen LogP contribution in [0, 0.1) is 6.92 Å². The standard InChI is InChI=1S/C26H26N10O3S2/c1-13-9-29-25(40-13)19-6-3-14(10-28-19)18-11-31-36-23(27)22(41(2,38)39)21(32-24(18)36)15-7-16-4-5-17(8-15)35(16)26(37)20-12-30-34-33-20/h3,6,9-12,15-17H,4-5,7-8,27H2,1-2H3,(H,30,33,34). The van der Waals surface area contributed by atoms with E-state index in [2.05, 4.69) is 30.5 Å². The maximum Gasteiger partial charge on any atom is 0.276 e. The zero-order chi connectivity index (χ0) is 28.5. The average Bonchev–Trinajstić information content (AvgIpc) is 3.74. The Morgan fingerprint density at radius 1 is 1.10 bits per heavy atom. The first-order valence-electron chi connectivity index (χ1n) is 13.1. The number of aromatic nitrogens is 8. The summed E-state index contributed by atoms with van der Waals surface area (Å²) >= 11 is 1.57. The maximum atomic E-state index is 13.2. The lowest BCUT2D eigenvalue weighted by atomic mass is 9.87. The Kier molecular flexibility index (Phi) is 5.90. The normalized spacial score (nSPS) is 20.6. The van der Waals surface area contributed by atoms with Crippen molar-refractivity contribution in [3.8, 4) is 21.8 Å². The van der Waals surface area contributed by atoms with E-state index < -0.39 is 9.84 Å². The Morgan fingerprint density at radius 2 is 1.88 bits per heavy atom. The molecule has 5 aromatic heterocycles. The minimum absolute atomic E-state index is 0.00654. The molecule has 5 aromatic rings. The molecule has 2 fully saturated rings. The van der Waals surface area contributed by atoms with Gasteiger partial charge in [0.05, 0.1) is 23.8 Å². The van der Waals surface area contributed by atoms with Crippen LogP contribution >= 0.6 is 11.3 Å². The fourth-order valence-electron chi connectivity index (χ4n) is 6.20. The highest BCUT2D eigenvalue weighted by atomic mass is 32.2. The molecular weight excluding hydrogens is 564 g/mol. The van der Waals surface area contributed by atoms with Gasteiger partial charge in [0, 0.05) is 52.7 Å². The van der Waals surface area contributed by atoms with Crippen LogP contribution in [0.15, 0.2) is 41.8 Å². The minimum atomic E-state index is -3.74. The van der Waals surface area contributed by atoms with Crippen molar-refractivity contribution in [2.75, 3.05) is 12.0 Å². The van der Waals surface area contributed by atoms with Gasteiger partial charge in [-0.25, -0.2) is 18.4 Å². The predicted molar refractivity (Wildman–Crippen MR) is 151 cm³/mol. The van der Waals surface area contributed by atoms with E-state index in [4.69, 9.17) is 10.7 Å². The SMILES string of the molecule is Cc1cnc(-c2ccc(-c3cnn4c(N)c(S(C)(=O)=O)c(C5CC6CCC(C5)N6C(=O)c5cn[nH]n5)nc34)cn2)s1. The monoisotopic (exact) mass is 590 g/mol. The molecule has 2 atom stereocenters. The van der Waals surface area contributed by atoms with Crippen LogP contribution in [-0.2, 0) is 9.84 Å². The number of hydrogen-bond acceptors (Lipinski definition) is 11. The van der Waals surface area contributed by atoms with Gasteiger partial charge in [0.25, 0.3) is 5.91 Å². The van der Waals surface area contributed by atoms with Crippen molar-refractivity contribution in [2.45, 2.75) is 55.5 Å². The van der Waals surface area contributed by atoms with Crippen molar-refractivity contribution in [3.63, 3.8) is 0 Å². The van der Waals surface area contributed by atoms with Crippen LogP contribution in [0.5, 0.6) is 0 Å². The molecule has 2 bridgehead atoms. The maximum absolute atomic E-state index is 13.2. The largest absolute Gasteiger partial charge is 0.382 e. The number of carbonyl (C=O) groups is 1. The van der Waals surface area contributed by atoms with Gasteiger partial charge >= 0.3 is 0 Å². The van der Waals surface area contributed by atoms with Crippen LogP contribution < -0.4 is 5.73 Å². The summed E-state index contributed by atoms with van der Waals surface area (Å²) in [5.41, 5.74) is 9.88. The number of aryl methyl sites for hydroxylation is 1. The van der Waals surface area contributed by atoms with E-state index in [1.165, 1.54) is 10.7 Å². The Morgan fingerprint density at radius 3 is 2.49 bits per heavy atom. The summed E-state index contributed by atoms with van der Waals surface area (Å²) in [6.07, 6.45) is 10.5. The first kappa shape index (κ1) is 25.7. The number of piperidine rings is 1. The summed E-state index contributed by atoms with van der Waals surface area (Å²) in [5, 5.41) is 15.5. The number of rotatable bonds is 5. The number of amides is 1. The van der Waals surface area contributed by atoms with E-state index in [1.54, 1.807) is 23.7 Å². The number of nitrogens with zero attached hydrogens (tertiary/aromatic N) is 8. The van der Waals surface area contributed by atoms with Crippen LogP contribution in [0.1, 0.15) is 52.7 Å². The van der Waals surface area contributed by atoms with E-state index in [1.807, 2.05) is 30.2 Å². The molecule has 0 aromatic carbocycles. The Hall–Kier alpha value is -4.24. The summed E-state index contributed by atoms with van der Waals surface area (Å²) in [6, 6.07) is 3.69. The first-order chi connectivity index (χ1) is 19.7. The van der Waals surface area contributed by atoms with Gasteiger partial charge in [0.15, 0.2) is 21.2 Å². The summed E-state index contributed by atoms with van der Waals surface area (Å²) in [6.45, 7) is 2.00. The zero-order valence-electron chi connectivity index (χ0n) is 22.2. The van der Waals surface area contributed by atoms with E-state index in [0.29, 0.717) is 29.7 Å². The van der Waals surface area contributed by atoms with Crippen LogP contribution in [0.4, 0.5) is 5.82 Å². The van der Waals surface area contributed by atoms with Gasteiger partial charge < -0.3 is 10.6 Å². The molecule has 15 heteroatoms. The number of fused-ring (bicyclic) bond motifs is 3. The Bertz CT molecular complexity index is 1880. The summed E-state index contributed by atoms with van der Waals surface area (Å²) in [7, 11) is -3.74. The number of aromatic amines is 1. The molecule has 7 rings (SSSR count). The van der Waals surface area contributed by atoms with Crippen LogP contribution in [0.3, 0.4) is 0 Å². The topological polar surface area (TPSA) is 178 Å². The molecule has 210 valence electrons. The number of sulfone groups is 1. The number of H-pyrrole nitrogens is 1. The van der Waals surface area contributed by atoms with Gasteiger partial charge in [-0.15, -0.1) is 11.3 Å². The third-order valence-electron chi connectivity index (χ3n) is 7.94. The number of nitrogens with one attached hydrogen (secondary N) is 1. The molecule has 2 saturated heterocycles. The second-order valence-corrected chi connectivity index (χ2v) is 13.8. The van der Waals surface area contributed by atoms with Crippen molar-refractivity contribution in [2.24, 2.45) is 0 Å². The molecule has 41 heavy (non-hydrogen) atoms. The quantitative estimate of drug-likeness (QED) is 0.309. The second-order valence-electron chi connectivity index (χ2n) is 10.6. The summed E-state index contributed by atoms with van der Waals surface area (Å²) in [5.74, 6) is -0.352. The Balaban J connectivity index is 1.28. The number of thiazole rings is 1. The van der Waals surface area contributed by atoms with Gasteiger partial charge in [0.1, 0.15) is 15.7 Å². The van der Waals surface area contributed by atoms with Crippen molar-refractivity contribution in [1.29, 1.82) is 0 Å². The van der Waals surface area contributed by atoms with Crippen molar-refractivity contribution in [3.05, 3.63) is 53.2 Å². The fourth-order valence-corrected chi connectivity index (χ4v) is 8.00. The zero-order valence-corrected chi connectivity index (χ0v) is 23.9. The lowest BCUT2D eigenvalue weighted by molar-refractivity contribution is 0.0562. The van der Waals surface area contributed by atoms with Crippen molar-refractivity contribution in [1.82, 2.24) is 44.9 Å². The van der Waals surface area contributed by atoms with Crippen molar-refractivity contribution >= 4 is 38.5 Å². The third-order valence-corrected chi connectivity index (χ3v) is 10.0. The minimum Gasteiger partial charge on any atom is -0.382 e. The molecule has 13 nitrogen and oxygen atoms in total. The highest BCUT2D eigenvalue weighted by Crippen LogP contribution is 2.45. The van der Waals surface area contributed by atoms with Crippen LogP contribution in [0.2, 0.25) is 0 Å². The van der Waals surface area contributed by atoms with Gasteiger partial charge in [-0.05, 0) is 38.7 Å². The molecule has 0 saturated carbocycles. The Labute approximate surface area is 238 Å². The number of pyridine rings is 1. The molecule has 1 amide bonds. The molecule has 0 spiro atoms. The fraction of sp³-hybridized carbons (Fsp3) is 0.346. The number of hydrogen-bond donors (Lipinski definition) is 2. The highest BCUT2D eigenvalue weighted by Gasteiger charge is 2.46. The number of carbonyl (C=O) groups excluding carboxylic acids is 1. The van der Waals surface area contributed by atoms with Gasteiger partial charge in [-0.2, -0.15) is 25.0 Å². The molecular formula is C26H26N10O3S2. The molecule has 7 heterocycles. The highest BCUT2D eigenvalue weighted by molar-refractivity contribution is 7.91. The lowest BCUT2D eigenvalue weighted by Gasteiger charge is -2.38. The van der Waals surface area contributed by atoms with E-state index in [-0.39, 0.29) is 40.3 Å². The predicted octanol–water partition coefficient (Wildman–Crippen LogP) is 2.88. The molecule has 0 aliphatic carbocycles. The number of anilines is 1. The van der Waals surface area contributed by atoms with Gasteiger partial charge in [0.2, 0.25) is 0 Å². The van der Waals surface area contributed by atoms with E-state index in [0.717, 1.165) is 40.2 Å². The van der Waals surface area contributed by atoms with Crippen molar-refractivity contribution < 1.29 is 13.2 Å². The number of nitrogen functional groups attached to an aromatic ring is 1. The van der Waals surface area contributed by atoms with Crippen LogP contribution in [-0.4, -0.2) is 77.5 Å². The summed E-state index contributed by atoms with van der Waals surface area (Å²) < 4.78 is 27.5. The number of nitrogens with two attached hydrogens (primary N) is 1. The average molecular weight is 591 g/mol. The van der Waals surface area contributed by atoms with E-state index >= 15 is 0 Å². The third kappa shape index (κ3) is 4.26. The van der Waals surface area contributed by atoms with Gasteiger partial charge in [-0.3, -0.25) is 9.78 Å². The van der Waals surface area contributed by atoms with Gasteiger partial charge in [-0.1, -0.05) is 6.07 Å².